The summed E-state index contributed by atoms with van der Waals surface area (Å²) in [5, 5.41) is 29.3. The van der Waals surface area contributed by atoms with Crippen molar-refractivity contribution in [3.63, 3.8) is 0 Å². The molecule has 4 heterocycles. The van der Waals surface area contributed by atoms with Crippen LogP contribution in [0.15, 0.2) is 151 Å². The Labute approximate surface area is 469 Å². The number of Topliss-reactive ketones (excluding diaryl/α,β-unsaturated/α-hetero) is 1. The minimum absolute atomic E-state index is 0.0373. The van der Waals surface area contributed by atoms with Gasteiger partial charge in [-0.2, -0.15) is 13.2 Å². The number of nitrogens with zero attached hydrogens (tertiary/aromatic N) is 9. The molecule has 1 saturated heterocycles. The van der Waals surface area contributed by atoms with Crippen LogP contribution in [-0.2, 0) is 21.0 Å². The number of aromatic nitrogens is 5. The number of piperidine rings is 1. The summed E-state index contributed by atoms with van der Waals surface area (Å²) in [6.07, 6.45) is 2.05. The second-order valence-corrected chi connectivity index (χ2v) is 19.4. The highest BCUT2D eigenvalue weighted by Gasteiger charge is 2.34. The standard InChI is InChI=1S/C15H10ClNO3S.C11H11ClF3N3O.C9H5ClN2O.C8H6N2O5.C7H4ClNO3/c16-15(18)13-10-17(14-9-5-4-8-12(13)14)21(19,20)11-6-2-1-3-7-11;12-9(19)7-2-5-18(6-3-7)10-16-4-1-8(17-10)11(13,14)15;10-9(13)6-1-2-7-8(5-6)12-4-3-11-7;1-5(11)6-2-7(9(12)13)4-8(3-6)10(14)15;8-7(10)5-1-3-6(4-2-5)9(11)12/h1-10H;1,4,7H,2-3,5-6H2;1-5H;2-4H,1H3;1-4H. The lowest BCUT2D eigenvalue weighted by atomic mass is 9.99. The maximum absolute atomic E-state index is 12.7. The van der Waals surface area contributed by atoms with Gasteiger partial charge in [0.1, 0.15) is 5.69 Å². The van der Waals surface area contributed by atoms with Crippen LogP contribution < -0.4 is 4.90 Å². The van der Waals surface area contributed by atoms with Gasteiger partial charge in [0.15, 0.2) is 5.78 Å². The molecule has 0 N–H and O–H groups in total. The fourth-order valence-electron chi connectivity index (χ4n) is 6.99. The number of anilines is 1. The van der Waals surface area contributed by atoms with Gasteiger partial charge in [0.2, 0.25) is 11.2 Å². The normalized spacial score (nSPS) is 12.1. The molecule has 414 valence electrons. The number of fused-ring (bicyclic) bond motifs is 2. The van der Waals surface area contributed by atoms with Crippen LogP contribution in [0.5, 0.6) is 0 Å². The van der Waals surface area contributed by atoms with Crippen molar-refractivity contribution in [1.29, 1.82) is 0 Å². The maximum atomic E-state index is 12.7. The lowest BCUT2D eigenvalue weighted by Crippen LogP contribution is -2.36. The fourth-order valence-corrected chi connectivity index (χ4v) is 8.99. The minimum Gasteiger partial charge on any atom is -0.341 e. The van der Waals surface area contributed by atoms with Crippen molar-refractivity contribution < 1.29 is 60.3 Å². The molecule has 5 aromatic carbocycles. The van der Waals surface area contributed by atoms with Gasteiger partial charge in [-0.15, -0.1) is 0 Å². The molecule has 0 atom stereocenters. The van der Waals surface area contributed by atoms with E-state index >= 15 is 0 Å². The summed E-state index contributed by atoms with van der Waals surface area (Å²) in [4.78, 5) is 101. The van der Waals surface area contributed by atoms with Crippen LogP contribution in [0.25, 0.3) is 21.9 Å². The van der Waals surface area contributed by atoms with Gasteiger partial charge in [-0.05, 0) is 121 Å². The second-order valence-electron chi connectivity index (χ2n) is 16.2. The number of hydrogen-bond acceptors (Lipinski definition) is 18. The number of halogens is 7. The zero-order valence-corrected chi connectivity index (χ0v) is 44.5. The number of non-ortho nitro benzene ring substituents is 3. The molecule has 1 aliphatic rings. The van der Waals surface area contributed by atoms with Gasteiger partial charge in [0.05, 0.1) is 47.8 Å². The molecular weight excluding hydrogens is 1170 g/mol. The first-order valence-corrected chi connectivity index (χ1v) is 25.4. The lowest BCUT2D eigenvalue weighted by Gasteiger charge is -2.30. The number of ketones is 1. The molecule has 0 saturated carbocycles. The zero-order chi connectivity index (χ0) is 59.1. The van der Waals surface area contributed by atoms with Gasteiger partial charge in [0, 0.05) is 90.1 Å². The van der Waals surface area contributed by atoms with Gasteiger partial charge >= 0.3 is 6.18 Å². The van der Waals surface area contributed by atoms with Crippen LogP contribution in [-0.4, -0.2) is 86.9 Å². The van der Waals surface area contributed by atoms with E-state index in [0.717, 1.165) is 40.0 Å². The topological polar surface area (TPSA) is 309 Å². The molecule has 8 aromatic rings. The number of nitro groups is 3. The van der Waals surface area contributed by atoms with Crippen LogP contribution in [0.3, 0.4) is 0 Å². The maximum Gasteiger partial charge on any atom is 0.433 e. The third-order valence-electron chi connectivity index (χ3n) is 11.0. The number of hydrogen-bond donors (Lipinski definition) is 0. The number of alkyl halides is 3. The Kier molecular flexibility index (Phi) is 21.6. The van der Waals surface area contributed by atoms with Crippen molar-refractivity contribution >= 4 is 128 Å². The number of nitro benzene ring substituents is 3. The summed E-state index contributed by atoms with van der Waals surface area (Å²) >= 11 is 21.4. The van der Waals surface area contributed by atoms with Crippen LogP contribution in [0, 0.1) is 36.3 Å². The molecule has 9 rings (SSSR count). The highest BCUT2D eigenvalue weighted by atomic mass is 35.5. The zero-order valence-electron chi connectivity index (χ0n) is 40.6. The molecule has 1 fully saturated rings. The second kappa shape index (κ2) is 27.8. The molecule has 0 aliphatic carbocycles. The molecule has 80 heavy (non-hydrogen) atoms. The van der Waals surface area contributed by atoms with Crippen LogP contribution in [0.2, 0.25) is 0 Å². The Morgan fingerprint density at radius 3 is 1.66 bits per heavy atom. The Morgan fingerprint density at radius 1 is 0.613 bits per heavy atom. The SMILES string of the molecule is CC(=O)c1cc([N+](=O)[O-])cc([N+](=O)[O-])c1.O=C(Cl)C1CCN(c2nccc(C(F)(F)F)n2)CC1.O=C(Cl)c1ccc([N+](=O)[O-])cc1.O=C(Cl)c1ccc2nccnc2c1.O=C(Cl)c1cn(S(=O)(=O)c2ccccc2)c2ccccc12. The van der Waals surface area contributed by atoms with Crippen molar-refractivity contribution in [3.8, 4) is 0 Å². The molecule has 0 unspecified atom stereocenters. The highest BCUT2D eigenvalue weighted by Crippen LogP contribution is 2.30. The highest BCUT2D eigenvalue weighted by molar-refractivity contribution is 7.90. The summed E-state index contributed by atoms with van der Waals surface area (Å²) < 4.78 is 64.1. The Bertz CT molecular complexity index is 3650. The summed E-state index contributed by atoms with van der Waals surface area (Å²) in [5.41, 5.74) is 0.719. The number of benzene rings is 5. The van der Waals surface area contributed by atoms with Crippen LogP contribution >= 0.6 is 46.4 Å². The summed E-state index contributed by atoms with van der Waals surface area (Å²) in [6, 6.07) is 28.5. The van der Waals surface area contributed by atoms with Gasteiger partial charge < -0.3 is 4.90 Å². The summed E-state index contributed by atoms with van der Waals surface area (Å²) in [5.74, 6) is -0.652. The first-order valence-electron chi connectivity index (χ1n) is 22.4. The summed E-state index contributed by atoms with van der Waals surface area (Å²) in [6.45, 7) is 2.03. The smallest absolute Gasteiger partial charge is 0.341 e. The molecule has 1 aliphatic heterocycles. The number of carbonyl (C=O) groups excluding carboxylic acids is 5. The van der Waals surface area contributed by atoms with Crippen molar-refractivity contribution in [2.45, 2.75) is 30.8 Å². The largest absolute Gasteiger partial charge is 0.433 e. The quantitative estimate of drug-likeness (QED) is 0.0503. The van der Waals surface area contributed by atoms with E-state index in [4.69, 9.17) is 46.4 Å². The third-order valence-corrected chi connectivity index (χ3v) is 13.6. The summed E-state index contributed by atoms with van der Waals surface area (Å²) in [7, 11) is -3.77. The average molecular weight is 1200 g/mol. The average Bonchev–Trinajstić information content (AvgIpc) is 3.86. The Morgan fingerprint density at radius 2 is 1.15 bits per heavy atom. The van der Waals surface area contributed by atoms with E-state index in [1.807, 2.05) is 0 Å². The predicted octanol–water partition coefficient (Wildman–Crippen LogP) is 11.4. The van der Waals surface area contributed by atoms with E-state index in [2.05, 4.69) is 19.9 Å². The Balaban J connectivity index is 0.000000187. The Hall–Kier alpha value is -8.69. The minimum atomic E-state index is -4.48. The van der Waals surface area contributed by atoms with Crippen molar-refractivity contribution in [2.24, 2.45) is 5.92 Å². The molecule has 0 bridgehead atoms. The third kappa shape index (κ3) is 16.9. The van der Waals surface area contributed by atoms with Crippen LogP contribution in [0.1, 0.15) is 66.9 Å². The van der Waals surface area contributed by atoms with Gasteiger partial charge in [-0.3, -0.25) is 64.3 Å². The first kappa shape index (κ1) is 62.2. The molecular formula is C50H36Cl4F3N9O13S. The fraction of sp³-hybridized carbons (Fsp3) is 0.140. The van der Waals surface area contributed by atoms with Gasteiger partial charge in [0.25, 0.3) is 42.8 Å². The molecule has 0 amide bonds. The van der Waals surface area contributed by atoms with E-state index < -0.39 is 74.8 Å². The molecule has 0 radical (unpaired) electrons. The van der Waals surface area contributed by atoms with Crippen LogP contribution in [0.4, 0.5) is 36.2 Å². The lowest BCUT2D eigenvalue weighted by molar-refractivity contribution is -0.394. The molecule has 3 aromatic heterocycles. The van der Waals surface area contributed by atoms with Crippen molar-refractivity contribution in [1.82, 2.24) is 23.9 Å². The molecule has 0 spiro atoms. The first-order chi connectivity index (χ1) is 37.7. The number of carbonyl (C=O) groups is 5. The van der Waals surface area contributed by atoms with E-state index in [1.54, 1.807) is 78.0 Å². The molecule has 22 nitrogen and oxygen atoms in total. The monoisotopic (exact) mass is 1200 g/mol. The van der Waals surface area contributed by atoms with Gasteiger partial charge in [-0.25, -0.2) is 22.4 Å². The van der Waals surface area contributed by atoms with Gasteiger partial charge in [-0.1, -0.05) is 36.4 Å². The van der Waals surface area contributed by atoms with Crippen molar-refractivity contribution in [2.75, 3.05) is 18.0 Å². The van der Waals surface area contributed by atoms with E-state index in [9.17, 15) is 75.9 Å². The van der Waals surface area contributed by atoms with E-state index in [1.165, 1.54) is 49.5 Å². The van der Waals surface area contributed by atoms with E-state index in [0.29, 0.717) is 47.9 Å². The van der Waals surface area contributed by atoms with Crippen molar-refractivity contribution in [3.05, 3.63) is 204 Å². The number of rotatable bonds is 11. The molecule has 30 heteroatoms. The predicted molar refractivity (Wildman–Crippen MR) is 287 cm³/mol. The van der Waals surface area contributed by atoms with E-state index in [-0.39, 0.29) is 39.1 Å². The number of para-hydroxylation sites is 1.